The molecular formula is C22H21N3O3. The lowest BCUT2D eigenvalue weighted by molar-refractivity contribution is -0.136. The Morgan fingerprint density at radius 2 is 1.57 bits per heavy atom. The molecule has 0 bridgehead atoms. The van der Waals surface area contributed by atoms with Gasteiger partial charge in [0.25, 0.3) is 0 Å². The van der Waals surface area contributed by atoms with Crippen molar-refractivity contribution in [3.8, 4) is 0 Å². The fourth-order valence-electron chi connectivity index (χ4n) is 5.06. The van der Waals surface area contributed by atoms with Gasteiger partial charge in [-0.15, -0.1) is 0 Å². The lowest BCUT2D eigenvalue weighted by Crippen LogP contribution is -2.62. The maximum atomic E-state index is 13.5. The summed E-state index contributed by atoms with van der Waals surface area (Å²) in [6.45, 7) is 0.597. The van der Waals surface area contributed by atoms with Crippen LogP contribution in [-0.4, -0.2) is 29.8 Å². The molecule has 3 heterocycles. The van der Waals surface area contributed by atoms with Gasteiger partial charge in [0.15, 0.2) is 0 Å². The molecule has 142 valence electrons. The van der Waals surface area contributed by atoms with Gasteiger partial charge in [-0.1, -0.05) is 48.5 Å². The summed E-state index contributed by atoms with van der Waals surface area (Å²) in [6.07, 6.45) is 1.32. The number of nitrogens with one attached hydrogen (secondary N) is 2. The van der Waals surface area contributed by atoms with Crippen LogP contribution in [0.2, 0.25) is 0 Å². The molecule has 0 unspecified atom stereocenters. The number of hydrogen-bond donors (Lipinski definition) is 2. The topological polar surface area (TPSA) is 78.5 Å². The van der Waals surface area contributed by atoms with Crippen LogP contribution in [0.25, 0.3) is 0 Å². The second-order valence-corrected chi connectivity index (χ2v) is 7.71. The van der Waals surface area contributed by atoms with Crippen molar-refractivity contribution < 1.29 is 14.4 Å². The Kier molecular flexibility index (Phi) is 3.84. The molecule has 6 heteroatoms. The fourth-order valence-corrected chi connectivity index (χ4v) is 5.06. The molecule has 0 radical (unpaired) electrons. The highest BCUT2D eigenvalue weighted by molar-refractivity contribution is 6.24. The Bertz CT molecular complexity index is 946. The number of hydrogen-bond acceptors (Lipinski definition) is 4. The summed E-state index contributed by atoms with van der Waals surface area (Å²) in [5.41, 5.74) is 0.438. The van der Waals surface area contributed by atoms with Gasteiger partial charge >= 0.3 is 0 Å². The zero-order chi connectivity index (χ0) is 19.3. The third kappa shape index (κ3) is 2.27. The van der Waals surface area contributed by atoms with Crippen LogP contribution >= 0.6 is 0 Å². The Balaban J connectivity index is 1.64. The number of benzene rings is 2. The van der Waals surface area contributed by atoms with Gasteiger partial charge < -0.3 is 5.32 Å². The highest BCUT2D eigenvalue weighted by Crippen LogP contribution is 2.51. The Hall–Kier alpha value is -2.99. The minimum atomic E-state index is -1.04. The molecule has 3 amide bonds. The first-order valence-corrected chi connectivity index (χ1v) is 9.67. The third-order valence-electron chi connectivity index (χ3n) is 6.27. The van der Waals surface area contributed by atoms with E-state index >= 15 is 0 Å². The van der Waals surface area contributed by atoms with Crippen molar-refractivity contribution in [2.75, 3.05) is 11.4 Å². The van der Waals surface area contributed by atoms with Crippen molar-refractivity contribution in [3.63, 3.8) is 0 Å². The van der Waals surface area contributed by atoms with E-state index in [1.165, 1.54) is 4.90 Å². The van der Waals surface area contributed by atoms with Crippen LogP contribution < -0.4 is 15.5 Å². The number of anilines is 1. The van der Waals surface area contributed by atoms with E-state index in [2.05, 4.69) is 10.6 Å². The largest absolute Gasteiger partial charge is 0.354 e. The summed E-state index contributed by atoms with van der Waals surface area (Å²) in [4.78, 5) is 41.2. The van der Waals surface area contributed by atoms with E-state index in [1.54, 1.807) is 24.3 Å². The number of piperidine rings is 1. The van der Waals surface area contributed by atoms with Gasteiger partial charge in [-0.3, -0.25) is 19.7 Å². The van der Waals surface area contributed by atoms with E-state index in [0.29, 0.717) is 18.7 Å². The highest BCUT2D eigenvalue weighted by atomic mass is 16.2. The van der Waals surface area contributed by atoms with E-state index in [0.717, 1.165) is 12.0 Å². The molecule has 3 saturated heterocycles. The maximum Gasteiger partial charge on any atom is 0.241 e. The van der Waals surface area contributed by atoms with E-state index < -0.39 is 17.4 Å². The van der Waals surface area contributed by atoms with E-state index in [9.17, 15) is 14.4 Å². The summed E-state index contributed by atoms with van der Waals surface area (Å²) in [5.74, 6) is -2.00. The monoisotopic (exact) mass is 375 g/mol. The molecule has 3 aliphatic heterocycles. The van der Waals surface area contributed by atoms with Crippen LogP contribution in [0.1, 0.15) is 24.4 Å². The summed E-state index contributed by atoms with van der Waals surface area (Å²) >= 11 is 0. The van der Waals surface area contributed by atoms with Crippen LogP contribution in [0.3, 0.4) is 0 Å². The quantitative estimate of drug-likeness (QED) is 0.785. The molecule has 2 N–H and O–H groups in total. The zero-order valence-corrected chi connectivity index (χ0v) is 15.3. The first kappa shape index (κ1) is 17.1. The van der Waals surface area contributed by atoms with Gasteiger partial charge in [0, 0.05) is 12.6 Å². The van der Waals surface area contributed by atoms with Crippen LogP contribution in [0, 0.1) is 11.8 Å². The number of nitrogens with zero attached hydrogens (tertiary/aromatic N) is 1. The van der Waals surface area contributed by atoms with E-state index in [-0.39, 0.29) is 23.8 Å². The third-order valence-corrected chi connectivity index (χ3v) is 6.27. The van der Waals surface area contributed by atoms with E-state index in [4.69, 9.17) is 0 Å². The van der Waals surface area contributed by atoms with Crippen molar-refractivity contribution >= 4 is 23.4 Å². The molecule has 0 saturated carbocycles. The SMILES string of the molecule is O=C1[C@H]2[C@H](c3ccccc3)N[C@@]3(CCCNC3=O)[C@H]2C(=O)N1c1ccccc1. The molecule has 2 aromatic carbocycles. The summed E-state index contributed by atoms with van der Waals surface area (Å²) < 4.78 is 0. The molecule has 3 aliphatic rings. The standard InChI is InChI=1S/C22H21N3O3/c26-19-16-17(20(27)25(19)15-10-5-2-6-11-15)22(12-7-13-23-21(22)28)24-18(16)14-8-3-1-4-9-14/h1-6,8-11,16-18,24H,7,12-13H2,(H,23,28)/t16-,17-,18+,22+/m1/s1. The molecule has 0 aromatic heterocycles. The number of carbonyl (C=O) groups is 3. The molecular weight excluding hydrogens is 354 g/mol. The Morgan fingerprint density at radius 3 is 2.25 bits per heavy atom. The van der Waals surface area contributed by atoms with Crippen molar-refractivity contribution in [3.05, 3.63) is 66.2 Å². The van der Waals surface area contributed by atoms with Crippen molar-refractivity contribution in [1.29, 1.82) is 0 Å². The predicted octanol–water partition coefficient (Wildman–Crippen LogP) is 1.79. The van der Waals surface area contributed by atoms with Crippen LogP contribution in [0.4, 0.5) is 5.69 Å². The van der Waals surface area contributed by atoms with E-state index in [1.807, 2.05) is 36.4 Å². The van der Waals surface area contributed by atoms with Gasteiger partial charge in [0.05, 0.1) is 17.5 Å². The predicted molar refractivity (Wildman–Crippen MR) is 103 cm³/mol. The van der Waals surface area contributed by atoms with Gasteiger partial charge in [-0.25, -0.2) is 4.90 Å². The van der Waals surface area contributed by atoms with Gasteiger partial charge in [0.2, 0.25) is 17.7 Å². The van der Waals surface area contributed by atoms with Crippen molar-refractivity contribution in [2.24, 2.45) is 11.8 Å². The second-order valence-electron chi connectivity index (χ2n) is 7.71. The van der Waals surface area contributed by atoms with Crippen LogP contribution in [0.5, 0.6) is 0 Å². The minimum absolute atomic E-state index is 0.178. The molecule has 2 aromatic rings. The average Bonchev–Trinajstić information content (AvgIpc) is 3.20. The molecule has 5 rings (SSSR count). The van der Waals surface area contributed by atoms with Crippen molar-refractivity contribution in [2.45, 2.75) is 24.4 Å². The zero-order valence-electron chi connectivity index (χ0n) is 15.3. The molecule has 3 fully saturated rings. The Morgan fingerprint density at radius 1 is 0.893 bits per heavy atom. The molecule has 28 heavy (non-hydrogen) atoms. The van der Waals surface area contributed by atoms with Crippen molar-refractivity contribution in [1.82, 2.24) is 10.6 Å². The summed E-state index contributed by atoms with van der Waals surface area (Å²) in [7, 11) is 0. The van der Waals surface area contributed by atoms with Crippen LogP contribution in [-0.2, 0) is 14.4 Å². The normalized spacial score (nSPS) is 31.9. The minimum Gasteiger partial charge on any atom is -0.354 e. The number of para-hydroxylation sites is 1. The number of rotatable bonds is 2. The van der Waals surface area contributed by atoms with Gasteiger partial charge in [-0.2, -0.15) is 0 Å². The first-order chi connectivity index (χ1) is 13.6. The lowest BCUT2D eigenvalue weighted by Gasteiger charge is -2.37. The molecule has 6 nitrogen and oxygen atoms in total. The second kappa shape index (κ2) is 6.27. The maximum absolute atomic E-state index is 13.5. The van der Waals surface area contributed by atoms with Gasteiger partial charge in [0.1, 0.15) is 5.54 Å². The summed E-state index contributed by atoms with van der Waals surface area (Å²) in [6, 6.07) is 18.2. The number of fused-ring (bicyclic) bond motifs is 2. The highest BCUT2D eigenvalue weighted by Gasteiger charge is 2.68. The molecule has 1 spiro atoms. The fraction of sp³-hybridized carbons (Fsp3) is 0.318. The first-order valence-electron chi connectivity index (χ1n) is 9.67. The number of amides is 3. The lowest BCUT2D eigenvalue weighted by atomic mass is 9.75. The Labute approximate surface area is 162 Å². The average molecular weight is 375 g/mol. The molecule has 0 aliphatic carbocycles. The number of imide groups is 1. The summed E-state index contributed by atoms with van der Waals surface area (Å²) in [5, 5.41) is 6.33. The molecule has 4 atom stereocenters. The smallest absolute Gasteiger partial charge is 0.241 e. The van der Waals surface area contributed by atoms with Gasteiger partial charge in [-0.05, 0) is 30.5 Å². The number of carbonyl (C=O) groups excluding carboxylic acids is 3. The van der Waals surface area contributed by atoms with Crippen LogP contribution in [0.15, 0.2) is 60.7 Å².